The topological polar surface area (TPSA) is 21.3 Å². The van der Waals surface area contributed by atoms with Gasteiger partial charge in [-0.25, -0.2) is 0 Å². The zero-order chi connectivity index (χ0) is 13.2. The molecule has 0 aromatic heterocycles. The van der Waals surface area contributed by atoms with E-state index in [-0.39, 0.29) is 0 Å². The molecule has 1 aliphatic heterocycles. The van der Waals surface area contributed by atoms with Crippen molar-refractivity contribution in [2.75, 3.05) is 13.2 Å². The summed E-state index contributed by atoms with van der Waals surface area (Å²) in [7, 11) is 0. The number of ether oxygens (including phenoxy) is 1. The van der Waals surface area contributed by atoms with Crippen molar-refractivity contribution in [2.24, 2.45) is 11.8 Å². The molecule has 0 radical (unpaired) electrons. The second-order valence-electron chi connectivity index (χ2n) is 5.95. The third kappa shape index (κ3) is 3.32. The maximum absolute atomic E-state index is 5.86. The van der Waals surface area contributed by atoms with Gasteiger partial charge in [0.2, 0.25) is 0 Å². The van der Waals surface area contributed by atoms with Gasteiger partial charge in [0.05, 0.1) is 6.61 Å². The van der Waals surface area contributed by atoms with Gasteiger partial charge in [-0.15, -0.1) is 0 Å². The Bertz CT molecular complexity index is 444. The molecule has 2 atom stereocenters. The maximum atomic E-state index is 5.86. The smallest absolute Gasteiger partial charge is 0.125 e. The normalized spacial score (nSPS) is 24.2. The van der Waals surface area contributed by atoms with E-state index in [2.05, 4.69) is 46.4 Å². The Kier molecular flexibility index (Phi) is 4.13. The highest BCUT2D eigenvalue weighted by Gasteiger charge is 2.28. The van der Waals surface area contributed by atoms with E-state index in [0.29, 0.717) is 6.04 Å². The van der Waals surface area contributed by atoms with Gasteiger partial charge in [-0.1, -0.05) is 28.9 Å². The van der Waals surface area contributed by atoms with Gasteiger partial charge >= 0.3 is 0 Å². The third-order valence-electron chi connectivity index (χ3n) is 4.36. The molecule has 104 valence electrons. The first-order chi connectivity index (χ1) is 9.24. The molecule has 0 bridgehead atoms. The number of hydrogen-bond acceptors (Lipinski definition) is 2. The summed E-state index contributed by atoms with van der Waals surface area (Å²) in [6.45, 7) is 4.34. The van der Waals surface area contributed by atoms with Gasteiger partial charge in [-0.3, -0.25) is 0 Å². The van der Waals surface area contributed by atoms with Crippen LogP contribution in [-0.2, 0) is 0 Å². The molecule has 1 saturated carbocycles. The fourth-order valence-corrected chi connectivity index (χ4v) is 3.26. The summed E-state index contributed by atoms with van der Waals surface area (Å²) in [5.74, 6) is 2.82. The van der Waals surface area contributed by atoms with E-state index >= 15 is 0 Å². The lowest BCUT2D eigenvalue weighted by Gasteiger charge is -2.21. The van der Waals surface area contributed by atoms with Crippen molar-refractivity contribution in [3.05, 3.63) is 28.2 Å². The summed E-state index contributed by atoms with van der Waals surface area (Å²) >= 11 is 3.52. The van der Waals surface area contributed by atoms with E-state index in [1.54, 1.807) is 0 Å². The Balaban J connectivity index is 1.70. The van der Waals surface area contributed by atoms with Crippen molar-refractivity contribution >= 4 is 15.9 Å². The first kappa shape index (κ1) is 13.4. The molecular weight excluding hydrogens is 302 g/mol. The minimum absolute atomic E-state index is 0.451. The van der Waals surface area contributed by atoms with E-state index in [1.165, 1.54) is 24.8 Å². The van der Waals surface area contributed by atoms with Crippen LogP contribution in [0.4, 0.5) is 0 Å². The predicted octanol–water partition coefficient (Wildman–Crippen LogP) is 4.30. The molecule has 1 aromatic rings. The lowest BCUT2D eigenvalue weighted by Crippen LogP contribution is -2.27. The predicted molar refractivity (Wildman–Crippen MR) is 81.5 cm³/mol. The van der Waals surface area contributed by atoms with Crippen LogP contribution in [-0.4, -0.2) is 13.2 Å². The zero-order valence-corrected chi connectivity index (χ0v) is 13.1. The number of nitrogens with one attached hydrogen (secondary N) is 1. The van der Waals surface area contributed by atoms with E-state index in [4.69, 9.17) is 4.74 Å². The molecule has 1 N–H and O–H groups in total. The Morgan fingerprint density at radius 2 is 2.21 bits per heavy atom. The summed E-state index contributed by atoms with van der Waals surface area (Å²) in [5.41, 5.74) is 1.32. The average Bonchev–Trinajstić information content (AvgIpc) is 3.23. The van der Waals surface area contributed by atoms with Crippen LogP contribution in [0.2, 0.25) is 0 Å². The Morgan fingerprint density at radius 1 is 1.37 bits per heavy atom. The van der Waals surface area contributed by atoms with E-state index < -0.39 is 0 Å². The summed E-state index contributed by atoms with van der Waals surface area (Å²) < 4.78 is 6.95. The molecule has 3 heteroatoms. The molecule has 0 spiro atoms. The molecule has 2 nitrogen and oxygen atoms in total. The van der Waals surface area contributed by atoms with Crippen LogP contribution >= 0.6 is 15.9 Å². The maximum Gasteiger partial charge on any atom is 0.125 e. The Hall–Kier alpha value is -0.540. The van der Waals surface area contributed by atoms with Crippen molar-refractivity contribution in [2.45, 2.75) is 38.6 Å². The number of benzene rings is 1. The van der Waals surface area contributed by atoms with Crippen molar-refractivity contribution in [3.63, 3.8) is 0 Å². The average molecular weight is 324 g/mol. The SMILES string of the molecule is CC(CNC1CCCOc2cc(Br)ccc21)C1CC1. The third-order valence-corrected chi connectivity index (χ3v) is 4.85. The first-order valence-corrected chi connectivity index (χ1v) is 8.19. The van der Waals surface area contributed by atoms with Gasteiger partial charge in [0.15, 0.2) is 0 Å². The van der Waals surface area contributed by atoms with Gasteiger partial charge in [0, 0.05) is 16.1 Å². The highest BCUT2D eigenvalue weighted by Crippen LogP contribution is 2.37. The molecule has 19 heavy (non-hydrogen) atoms. The van der Waals surface area contributed by atoms with Crippen LogP contribution < -0.4 is 10.1 Å². The van der Waals surface area contributed by atoms with Crippen molar-refractivity contribution in [1.29, 1.82) is 0 Å². The van der Waals surface area contributed by atoms with E-state index in [1.807, 2.05) is 0 Å². The summed E-state index contributed by atoms with van der Waals surface area (Å²) in [6.07, 6.45) is 5.16. The molecule has 1 aromatic carbocycles. The number of hydrogen-bond donors (Lipinski definition) is 1. The molecule has 0 saturated heterocycles. The number of fused-ring (bicyclic) bond motifs is 1. The molecule has 2 aliphatic rings. The number of rotatable bonds is 4. The zero-order valence-electron chi connectivity index (χ0n) is 11.5. The van der Waals surface area contributed by atoms with Crippen LogP contribution in [0.3, 0.4) is 0 Å². The van der Waals surface area contributed by atoms with Crippen LogP contribution in [0.15, 0.2) is 22.7 Å². The fraction of sp³-hybridized carbons (Fsp3) is 0.625. The second-order valence-corrected chi connectivity index (χ2v) is 6.86. The van der Waals surface area contributed by atoms with Crippen molar-refractivity contribution < 1.29 is 4.74 Å². The molecule has 0 amide bonds. The number of halogens is 1. The first-order valence-electron chi connectivity index (χ1n) is 7.39. The van der Waals surface area contributed by atoms with E-state index in [0.717, 1.165) is 41.6 Å². The lowest BCUT2D eigenvalue weighted by molar-refractivity contribution is 0.314. The van der Waals surface area contributed by atoms with Crippen molar-refractivity contribution in [3.8, 4) is 5.75 Å². The van der Waals surface area contributed by atoms with Gasteiger partial charge in [-0.05, 0) is 56.2 Å². The van der Waals surface area contributed by atoms with Gasteiger partial charge in [-0.2, -0.15) is 0 Å². The molecule has 1 aliphatic carbocycles. The molecule has 1 fully saturated rings. The summed E-state index contributed by atoms with van der Waals surface area (Å²) in [5, 5.41) is 3.76. The quantitative estimate of drug-likeness (QED) is 0.892. The van der Waals surface area contributed by atoms with Crippen LogP contribution in [0.5, 0.6) is 5.75 Å². The monoisotopic (exact) mass is 323 g/mol. The molecule has 2 unspecified atom stereocenters. The highest BCUT2D eigenvalue weighted by molar-refractivity contribution is 9.10. The van der Waals surface area contributed by atoms with Gasteiger partial charge in [0.1, 0.15) is 5.75 Å². The van der Waals surface area contributed by atoms with E-state index in [9.17, 15) is 0 Å². The lowest BCUT2D eigenvalue weighted by atomic mass is 10.00. The Labute approximate surface area is 124 Å². The van der Waals surface area contributed by atoms with Gasteiger partial charge < -0.3 is 10.1 Å². The molecule has 1 heterocycles. The van der Waals surface area contributed by atoms with Crippen molar-refractivity contribution in [1.82, 2.24) is 5.32 Å². The molecule has 3 rings (SSSR count). The minimum Gasteiger partial charge on any atom is -0.493 e. The highest BCUT2D eigenvalue weighted by atomic mass is 79.9. The second kappa shape index (κ2) is 5.84. The van der Waals surface area contributed by atoms with Gasteiger partial charge in [0.25, 0.3) is 0 Å². The Morgan fingerprint density at radius 3 is 3.00 bits per heavy atom. The summed E-state index contributed by atoms with van der Waals surface area (Å²) in [4.78, 5) is 0. The molecular formula is C16H22BrNO. The summed E-state index contributed by atoms with van der Waals surface area (Å²) in [6, 6.07) is 6.86. The fourth-order valence-electron chi connectivity index (χ4n) is 2.92. The largest absolute Gasteiger partial charge is 0.493 e. The van der Waals surface area contributed by atoms with Crippen LogP contribution in [0, 0.1) is 11.8 Å². The minimum atomic E-state index is 0.451. The van der Waals surface area contributed by atoms with Crippen LogP contribution in [0.1, 0.15) is 44.2 Å². The standard InChI is InChI=1S/C16H22BrNO/c1-11(12-4-5-12)10-18-15-3-2-8-19-16-9-13(17)6-7-14(15)16/h6-7,9,11-12,15,18H,2-5,8,10H2,1H3. The van der Waals surface area contributed by atoms with Crippen LogP contribution in [0.25, 0.3) is 0 Å².